The molecule has 3 aromatic rings. The van der Waals surface area contributed by atoms with Gasteiger partial charge in [-0.05, 0) is 44.0 Å². The molecule has 0 spiro atoms. The highest BCUT2D eigenvalue weighted by atomic mass is 32.1. The summed E-state index contributed by atoms with van der Waals surface area (Å²) in [5.74, 6) is 0.620. The number of thiazole rings is 1. The van der Waals surface area contributed by atoms with E-state index < -0.39 is 0 Å². The van der Waals surface area contributed by atoms with Crippen molar-refractivity contribution in [3.05, 3.63) is 74.7 Å². The maximum atomic E-state index is 13.4. The zero-order valence-electron chi connectivity index (χ0n) is 18.4. The van der Waals surface area contributed by atoms with Crippen LogP contribution >= 0.6 is 11.3 Å². The van der Waals surface area contributed by atoms with Crippen molar-refractivity contribution in [1.82, 2.24) is 19.7 Å². The van der Waals surface area contributed by atoms with E-state index in [0.29, 0.717) is 34.2 Å². The lowest BCUT2D eigenvalue weighted by Gasteiger charge is -2.21. The highest BCUT2D eigenvalue weighted by molar-refractivity contribution is 7.17. The van der Waals surface area contributed by atoms with E-state index >= 15 is 0 Å². The topological polar surface area (TPSA) is 77.3 Å². The summed E-state index contributed by atoms with van der Waals surface area (Å²) in [6, 6.07) is 7.60. The fourth-order valence-corrected chi connectivity index (χ4v) is 4.40. The second kappa shape index (κ2) is 9.26. The normalized spacial score (nSPS) is 10.7. The third kappa shape index (κ3) is 4.59. The van der Waals surface area contributed by atoms with Gasteiger partial charge in [0.25, 0.3) is 11.5 Å². The maximum absolute atomic E-state index is 13.4. The van der Waals surface area contributed by atoms with Gasteiger partial charge in [-0.3, -0.25) is 9.59 Å². The first-order valence-electron chi connectivity index (χ1n) is 9.82. The van der Waals surface area contributed by atoms with Gasteiger partial charge in [-0.2, -0.15) is 5.10 Å². The molecule has 0 aliphatic rings. The SMILES string of the molecule is C=CCN(Cc1ccc(OC)cc1)C(=O)c1sc(-c2c(C)c(C)nn(C)c2=O)nc1C. The smallest absolute Gasteiger partial charge is 0.277 e. The highest BCUT2D eigenvalue weighted by Crippen LogP contribution is 2.30. The molecule has 0 aliphatic carbocycles. The second-order valence-electron chi connectivity index (χ2n) is 7.27. The Kier molecular flexibility index (Phi) is 6.70. The van der Waals surface area contributed by atoms with Crippen LogP contribution in [-0.4, -0.2) is 39.2 Å². The Hall–Kier alpha value is -3.26. The van der Waals surface area contributed by atoms with Gasteiger partial charge in [0.2, 0.25) is 0 Å². The molecule has 8 heteroatoms. The van der Waals surface area contributed by atoms with E-state index in [9.17, 15) is 9.59 Å². The second-order valence-corrected chi connectivity index (χ2v) is 8.27. The minimum absolute atomic E-state index is 0.141. The number of nitrogens with zero attached hydrogens (tertiary/aromatic N) is 4. The lowest BCUT2D eigenvalue weighted by Crippen LogP contribution is -2.30. The number of benzene rings is 1. The van der Waals surface area contributed by atoms with Crippen LogP contribution in [0.5, 0.6) is 5.75 Å². The standard InChI is InChI=1S/C23H26N4O3S/c1-7-12-27(13-17-8-10-18(30-6)11-9-17)23(29)20-16(4)24-21(31-20)19-14(2)15(3)25-26(5)22(19)28/h7-11H,1,12-13H2,2-6H3. The van der Waals surface area contributed by atoms with Gasteiger partial charge < -0.3 is 9.64 Å². The molecule has 0 N–H and O–H groups in total. The van der Waals surface area contributed by atoms with Gasteiger partial charge in [0.1, 0.15) is 15.6 Å². The van der Waals surface area contributed by atoms with Crippen molar-refractivity contribution in [3.8, 4) is 16.3 Å². The number of amides is 1. The molecule has 1 aromatic carbocycles. The fourth-order valence-electron chi connectivity index (χ4n) is 3.27. The van der Waals surface area contributed by atoms with Gasteiger partial charge in [-0.1, -0.05) is 18.2 Å². The van der Waals surface area contributed by atoms with Crippen molar-refractivity contribution in [2.75, 3.05) is 13.7 Å². The molecule has 31 heavy (non-hydrogen) atoms. The minimum atomic E-state index is -0.225. The molecule has 7 nitrogen and oxygen atoms in total. The number of ether oxygens (including phenoxy) is 1. The molecule has 0 fully saturated rings. The fraction of sp³-hybridized carbons (Fsp3) is 0.304. The van der Waals surface area contributed by atoms with Gasteiger partial charge in [0, 0.05) is 20.1 Å². The number of hydrogen-bond acceptors (Lipinski definition) is 6. The highest BCUT2D eigenvalue weighted by Gasteiger charge is 2.24. The summed E-state index contributed by atoms with van der Waals surface area (Å²) in [5, 5.41) is 4.76. The molecule has 0 saturated heterocycles. The Morgan fingerprint density at radius 2 is 1.90 bits per heavy atom. The van der Waals surface area contributed by atoms with Crippen LogP contribution in [0.25, 0.3) is 10.6 Å². The molecular weight excluding hydrogens is 412 g/mol. The predicted molar refractivity (Wildman–Crippen MR) is 123 cm³/mol. The van der Waals surface area contributed by atoms with Crippen LogP contribution in [0.3, 0.4) is 0 Å². The van der Waals surface area contributed by atoms with Crippen LogP contribution < -0.4 is 10.3 Å². The van der Waals surface area contributed by atoms with Gasteiger partial charge >= 0.3 is 0 Å². The first kappa shape index (κ1) is 22.4. The van der Waals surface area contributed by atoms with E-state index in [4.69, 9.17) is 4.74 Å². The van der Waals surface area contributed by atoms with Crippen molar-refractivity contribution < 1.29 is 9.53 Å². The molecule has 0 saturated carbocycles. The summed E-state index contributed by atoms with van der Waals surface area (Å²) in [6.07, 6.45) is 1.70. The first-order chi connectivity index (χ1) is 14.8. The van der Waals surface area contributed by atoms with Crippen LogP contribution in [0.1, 0.15) is 32.2 Å². The molecular formula is C23H26N4O3S. The Balaban J connectivity index is 1.96. The van der Waals surface area contributed by atoms with E-state index in [1.807, 2.05) is 38.1 Å². The van der Waals surface area contributed by atoms with Crippen LogP contribution in [0, 0.1) is 20.8 Å². The molecule has 0 radical (unpaired) electrons. The molecule has 162 valence electrons. The quantitative estimate of drug-likeness (QED) is 0.526. The van der Waals surface area contributed by atoms with E-state index in [2.05, 4.69) is 16.7 Å². The average molecular weight is 439 g/mol. The number of hydrogen-bond donors (Lipinski definition) is 0. The number of carbonyl (C=O) groups is 1. The number of rotatable bonds is 7. The largest absolute Gasteiger partial charge is 0.497 e. The van der Waals surface area contributed by atoms with Crippen molar-refractivity contribution in [2.45, 2.75) is 27.3 Å². The summed E-state index contributed by atoms with van der Waals surface area (Å²) in [7, 11) is 3.23. The molecule has 3 rings (SSSR count). The molecule has 0 bridgehead atoms. The summed E-state index contributed by atoms with van der Waals surface area (Å²) in [5.41, 5.74) is 3.38. The molecule has 0 atom stereocenters. The lowest BCUT2D eigenvalue weighted by molar-refractivity contribution is 0.0766. The number of aryl methyl sites for hydroxylation is 3. The zero-order chi connectivity index (χ0) is 22.7. The Morgan fingerprint density at radius 3 is 2.52 bits per heavy atom. The Bertz CT molecular complexity index is 1180. The maximum Gasteiger partial charge on any atom is 0.277 e. The number of carbonyl (C=O) groups excluding carboxylic acids is 1. The van der Waals surface area contributed by atoms with Crippen molar-refractivity contribution >= 4 is 17.2 Å². The lowest BCUT2D eigenvalue weighted by atomic mass is 10.1. The first-order valence-corrected chi connectivity index (χ1v) is 10.6. The predicted octanol–water partition coefficient (Wildman–Crippen LogP) is 3.67. The van der Waals surface area contributed by atoms with Gasteiger partial charge in [-0.15, -0.1) is 17.9 Å². The van der Waals surface area contributed by atoms with E-state index in [1.54, 1.807) is 32.1 Å². The van der Waals surface area contributed by atoms with Crippen molar-refractivity contribution in [3.63, 3.8) is 0 Å². The van der Waals surface area contributed by atoms with E-state index in [0.717, 1.165) is 22.6 Å². The molecule has 0 aliphatic heterocycles. The van der Waals surface area contributed by atoms with Crippen molar-refractivity contribution in [1.29, 1.82) is 0 Å². The van der Waals surface area contributed by atoms with E-state index in [-0.39, 0.29) is 11.5 Å². The summed E-state index contributed by atoms with van der Waals surface area (Å²) in [4.78, 5) is 32.9. The van der Waals surface area contributed by atoms with E-state index in [1.165, 1.54) is 16.0 Å². The summed E-state index contributed by atoms with van der Waals surface area (Å²) < 4.78 is 6.51. The monoisotopic (exact) mass is 438 g/mol. The Morgan fingerprint density at radius 1 is 1.23 bits per heavy atom. The minimum Gasteiger partial charge on any atom is -0.497 e. The van der Waals surface area contributed by atoms with Gasteiger partial charge in [0.15, 0.2) is 0 Å². The summed E-state index contributed by atoms with van der Waals surface area (Å²) >= 11 is 1.24. The van der Waals surface area contributed by atoms with Crippen molar-refractivity contribution in [2.24, 2.45) is 7.05 Å². The van der Waals surface area contributed by atoms with Gasteiger partial charge in [-0.25, -0.2) is 9.67 Å². The van der Waals surface area contributed by atoms with Gasteiger partial charge in [0.05, 0.1) is 24.1 Å². The molecule has 2 aromatic heterocycles. The van der Waals surface area contributed by atoms with Crippen LogP contribution in [-0.2, 0) is 13.6 Å². The average Bonchev–Trinajstić information content (AvgIpc) is 3.13. The Labute approximate surface area is 185 Å². The third-order valence-corrected chi connectivity index (χ3v) is 6.26. The summed E-state index contributed by atoms with van der Waals surface area (Å²) in [6.45, 7) is 10.1. The zero-order valence-corrected chi connectivity index (χ0v) is 19.2. The molecule has 1 amide bonds. The number of aromatic nitrogens is 3. The van der Waals surface area contributed by atoms with Crippen LogP contribution in [0.2, 0.25) is 0 Å². The molecule has 2 heterocycles. The van der Waals surface area contributed by atoms with Crippen LogP contribution in [0.4, 0.5) is 0 Å². The molecule has 0 unspecified atom stereocenters. The third-order valence-electron chi connectivity index (χ3n) is 5.10. The number of methoxy groups -OCH3 is 1. The van der Waals surface area contributed by atoms with Crippen LogP contribution in [0.15, 0.2) is 41.7 Å².